The molecule has 1 rings (SSSR count). The Morgan fingerprint density at radius 1 is 1.27 bits per heavy atom. The van der Waals surface area contributed by atoms with E-state index in [9.17, 15) is 12.3 Å². The lowest BCUT2D eigenvalue weighted by Gasteiger charge is -2.03. The van der Waals surface area contributed by atoms with Crippen LogP contribution in [0.4, 0.5) is 3.89 Å². The lowest BCUT2D eigenvalue weighted by atomic mass is 10.3. The predicted molar refractivity (Wildman–Crippen MR) is 52.8 cm³/mol. The van der Waals surface area contributed by atoms with Gasteiger partial charge in [-0.15, -0.1) is 0 Å². The van der Waals surface area contributed by atoms with Gasteiger partial charge in [-0.3, -0.25) is 0 Å². The molecule has 15 heavy (non-hydrogen) atoms. The molecule has 4 nitrogen and oxygen atoms in total. The van der Waals surface area contributed by atoms with E-state index in [1.165, 1.54) is 24.3 Å². The lowest BCUT2D eigenvalue weighted by molar-refractivity contribution is 0.362. The van der Waals surface area contributed by atoms with Gasteiger partial charge in [0.25, 0.3) is 0 Å². The maximum atomic E-state index is 12.1. The zero-order chi connectivity index (χ0) is 11.3. The van der Waals surface area contributed by atoms with Crippen LogP contribution in [0.25, 0.3) is 0 Å². The fraction of sp³-hybridized carbons (Fsp3) is 0.111. The fourth-order valence-corrected chi connectivity index (χ4v) is 1.20. The topological polar surface area (TPSA) is 52.6 Å². The van der Waals surface area contributed by atoms with Crippen molar-refractivity contribution in [3.05, 3.63) is 36.9 Å². The van der Waals surface area contributed by atoms with Crippen molar-refractivity contribution in [2.45, 2.75) is 0 Å². The van der Waals surface area contributed by atoms with Crippen LogP contribution in [0.2, 0.25) is 0 Å². The first kappa shape index (κ1) is 11.5. The molecule has 6 heteroatoms. The number of rotatable bonds is 5. The molecule has 0 saturated carbocycles. The first-order chi connectivity index (χ1) is 7.01. The second-order valence-corrected chi connectivity index (χ2v) is 3.50. The Labute approximate surface area is 87.4 Å². The van der Waals surface area contributed by atoms with E-state index in [1.54, 1.807) is 6.08 Å². The van der Waals surface area contributed by atoms with Crippen molar-refractivity contribution in [3.8, 4) is 11.5 Å². The minimum absolute atomic E-state index is 0.108. The van der Waals surface area contributed by atoms with Gasteiger partial charge in [0.1, 0.15) is 18.1 Å². The van der Waals surface area contributed by atoms with Gasteiger partial charge in [-0.1, -0.05) is 16.5 Å². The molecular weight excluding hydrogens is 223 g/mol. The van der Waals surface area contributed by atoms with Crippen LogP contribution >= 0.6 is 0 Å². The minimum Gasteiger partial charge on any atom is -0.490 e. The second-order valence-electron chi connectivity index (χ2n) is 2.55. The summed E-state index contributed by atoms with van der Waals surface area (Å²) in [6.45, 7) is 3.80. The van der Waals surface area contributed by atoms with E-state index >= 15 is 0 Å². The second kappa shape index (κ2) is 4.79. The van der Waals surface area contributed by atoms with Gasteiger partial charge < -0.3 is 8.92 Å². The van der Waals surface area contributed by atoms with Crippen molar-refractivity contribution in [1.82, 2.24) is 0 Å². The van der Waals surface area contributed by atoms with E-state index in [-0.39, 0.29) is 5.75 Å². The molecule has 0 aliphatic carbocycles. The van der Waals surface area contributed by atoms with Crippen molar-refractivity contribution >= 4 is 10.5 Å². The highest BCUT2D eigenvalue weighted by Gasteiger charge is 2.08. The van der Waals surface area contributed by atoms with Crippen LogP contribution in [0.15, 0.2) is 36.9 Å². The van der Waals surface area contributed by atoms with E-state index in [1.807, 2.05) is 0 Å². The Bertz CT molecular complexity index is 424. The summed E-state index contributed by atoms with van der Waals surface area (Å²) in [5.41, 5.74) is 0. The summed E-state index contributed by atoms with van der Waals surface area (Å²) in [4.78, 5) is 0. The van der Waals surface area contributed by atoms with E-state index in [0.717, 1.165) is 0 Å². The summed E-state index contributed by atoms with van der Waals surface area (Å²) < 4.78 is 41.4. The highest BCUT2D eigenvalue weighted by molar-refractivity contribution is 7.81. The van der Waals surface area contributed by atoms with Crippen molar-refractivity contribution in [2.75, 3.05) is 6.61 Å². The Hall–Kier alpha value is -1.56. The maximum absolute atomic E-state index is 12.1. The van der Waals surface area contributed by atoms with Crippen LogP contribution in [0.5, 0.6) is 11.5 Å². The number of benzene rings is 1. The van der Waals surface area contributed by atoms with Gasteiger partial charge in [-0.25, -0.2) is 0 Å². The van der Waals surface area contributed by atoms with Gasteiger partial charge in [-0.05, 0) is 24.3 Å². The number of halogens is 1. The average Bonchev–Trinajstić information content (AvgIpc) is 2.14. The van der Waals surface area contributed by atoms with Crippen molar-refractivity contribution in [1.29, 1.82) is 0 Å². The molecule has 0 aliphatic heterocycles. The Kier molecular flexibility index (Phi) is 3.68. The van der Waals surface area contributed by atoms with Gasteiger partial charge in [0.05, 0.1) is 0 Å². The summed E-state index contributed by atoms with van der Waals surface area (Å²) >= 11 is 0. The quantitative estimate of drug-likeness (QED) is 0.574. The minimum atomic E-state index is -4.96. The first-order valence-corrected chi connectivity index (χ1v) is 5.30. The Morgan fingerprint density at radius 2 is 1.80 bits per heavy atom. The van der Waals surface area contributed by atoms with Crippen LogP contribution < -0.4 is 8.92 Å². The molecule has 82 valence electrons. The predicted octanol–water partition coefficient (Wildman–Crippen LogP) is 1.84. The Morgan fingerprint density at radius 3 is 2.27 bits per heavy atom. The third-order valence-electron chi connectivity index (χ3n) is 1.39. The van der Waals surface area contributed by atoms with Gasteiger partial charge in [0, 0.05) is 0 Å². The fourth-order valence-electron chi connectivity index (χ4n) is 0.862. The molecular formula is C9H9FO4S. The monoisotopic (exact) mass is 232 g/mol. The molecule has 0 amide bonds. The van der Waals surface area contributed by atoms with Gasteiger partial charge >= 0.3 is 10.5 Å². The van der Waals surface area contributed by atoms with Crippen LogP contribution in [-0.4, -0.2) is 15.0 Å². The van der Waals surface area contributed by atoms with Gasteiger partial charge in [0.15, 0.2) is 0 Å². The molecule has 0 spiro atoms. The first-order valence-electron chi connectivity index (χ1n) is 3.99. The zero-order valence-corrected chi connectivity index (χ0v) is 8.54. The smallest absolute Gasteiger partial charge is 0.488 e. The van der Waals surface area contributed by atoms with Gasteiger partial charge in [-0.2, -0.15) is 8.42 Å². The third kappa shape index (κ3) is 4.46. The van der Waals surface area contributed by atoms with E-state index < -0.39 is 10.5 Å². The molecule has 0 saturated heterocycles. The maximum Gasteiger partial charge on any atom is 0.488 e. The molecule has 1 aromatic carbocycles. The molecule has 0 aromatic heterocycles. The highest BCUT2D eigenvalue weighted by atomic mass is 32.3. The molecule has 0 bridgehead atoms. The number of hydrogen-bond acceptors (Lipinski definition) is 4. The van der Waals surface area contributed by atoms with Crippen LogP contribution in [0.1, 0.15) is 0 Å². The molecule has 0 radical (unpaired) electrons. The van der Waals surface area contributed by atoms with Crippen molar-refractivity contribution in [2.24, 2.45) is 0 Å². The molecule has 0 heterocycles. The molecule has 0 fully saturated rings. The summed E-state index contributed by atoms with van der Waals surface area (Å²) in [6, 6.07) is 5.50. The Balaban J connectivity index is 2.68. The number of hydrogen-bond donors (Lipinski definition) is 0. The van der Waals surface area contributed by atoms with Gasteiger partial charge in [0.2, 0.25) is 0 Å². The standard InChI is InChI=1S/C9H9FO4S/c1-2-7-13-8-3-5-9(6-4-8)14-15(10,11)12/h2-6H,1,7H2. The molecule has 1 aromatic rings. The van der Waals surface area contributed by atoms with Crippen molar-refractivity contribution < 1.29 is 21.2 Å². The SMILES string of the molecule is C=CCOc1ccc(OS(=O)(=O)F)cc1. The zero-order valence-electron chi connectivity index (χ0n) is 7.72. The van der Waals surface area contributed by atoms with E-state index in [4.69, 9.17) is 4.74 Å². The van der Waals surface area contributed by atoms with E-state index in [0.29, 0.717) is 12.4 Å². The lowest BCUT2D eigenvalue weighted by Crippen LogP contribution is -2.01. The average molecular weight is 232 g/mol. The molecule has 0 unspecified atom stereocenters. The largest absolute Gasteiger partial charge is 0.490 e. The summed E-state index contributed by atoms with van der Waals surface area (Å²) in [6.07, 6.45) is 1.57. The van der Waals surface area contributed by atoms with Crippen LogP contribution in [0, 0.1) is 0 Å². The molecule has 0 atom stereocenters. The van der Waals surface area contributed by atoms with Crippen LogP contribution in [-0.2, 0) is 10.5 Å². The third-order valence-corrected chi connectivity index (χ3v) is 1.78. The highest BCUT2D eigenvalue weighted by Crippen LogP contribution is 2.19. The number of ether oxygens (including phenoxy) is 1. The van der Waals surface area contributed by atoms with E-state index in [2.05, 4.69) is 10.8 Å². The van der Waals surface area contributed by atoms with Crippen LogP contribution in [0.3, 0.4) is 0 Å². The summed E-state index contributed by atoms with van der Waals surface area (Å²) in [5, 5.41) is 0. The molecule has 0 aliphatic rings. The van der Waals surface area contributed by atoms with Crippen molar-refractivity contribution in [3.63, 3.8) is 0 Å². The molecule has 0 N–H and O–H groups in total. The normalized spacial score (nSPS) is 10.7. The summed E-state index contributed by atoms with van der Waals surface area (Å²) in [7, 11) is -4.96. The summed E-state index contributed by atoms with van der Waals surface area (Å²) in [5.74, 6) is 0.405.